The van der Waals surface area contributed by atoms with E-state index >= 15 is 0 Å². The van der Waals surface area contributed by atoms with Gasteiger partial charge < -0.3 is 9.84 Å². The quantitative estimate of drug-likeness (QED) is 0.748. The Morgan fingerprint density at radius 2 is 1.91 bits per heavy atom. The highest BCUT2D eigenvalue weighted by atomic mass is 16.5. The summed E-state index contributed by atoms with van der Waals surface area (Å²) in [6, 6.07) is 11.0. The van der Waals surface area contributed by atoms with Crippen LogP contribution in [0.1, 0.15) is 44.1 Å². The standard InChI is InChI=1S/C19H29NO3/c1-23-19(22)12-9-16-7-10-18(11-8-16)20(13-14-21)15-17-5-3-2-4-6-17/h2-6,16,18,21H,7-15H2,1H3. The van der Waals surface area contributed by atoms with Gasteiger partial charge in [-0.3, -0.25) is 9.69 Å². The van der Waals surface area contributed by atoms with Crippen LogP contribution in [0.5, 0.6) is 0 Å². The molecule has 1 aliphatic carbocycles. The van der Waals surface area contributed by atoms with Crippen LogP contribution in [0.3, 0.4) is 0 Å². The van der Waals surface area contributed by atoms with Crippen molar-refractivity contribution in [1.29, 1.82) is 0 Å². The van der Waals surface area contributed by atoms with Crippen molar-refractivity contribution in [2.75, 3.05) is 20.3 Å². The molecule has 1 aliphatic rings. The first-order valence-electron chi connectivity index (χ1n) is 8.68. The average molecular weight is 319 g/mol. The van der Waals surface area contributed by atoms with Crippen molar-refractivity contribution in [3.63, 3.8) is 0 Å². The van der Waals surface area contributed by atoms with Gasteiger partial charge >= 0.3 is 5.97 Å². The van der Waals surface area contributed by atoms with Gasteiger partial charge in [-0.15, -0.1) is 0 Å². The van der Waals surface area contributed by atoms with Crippen LogP contribution in [0.2, 0.25) is 0 Å². The van der Waals surface area contributed by atoms with Crippen molar-refractivity contribution < 1.29 is 14.6 Å². The fraction of sp³-hybridized carbons (Fsp3) is 0.632. The summed E-state index contributed by atoms with van der Waals surface area (Å²) in [5, 5.41) is 9.38. The molecule has 1 fully saturated rings. The summed E-state index contributed by atoms with van der Waals surface area (Å²) >= 11 is 0. The zero-order chi connectivity index (χ0) is 16.5. The molecule has 1 N–H and O–H groups in total. The van der Waals surface area contributed by atoms with Gasteiger partial charge in [-0.1, -0.05) is 30.3 Å². The number of ether oxygens (including phenoxy) is 1. The monoisotopic (exact) mass is 319 g/mol. The summed E-state index contributed by atoms with van der Waals surface area (Å²) in [7, 11) is 1.45. The zero-order valence-electron chi connectivity index (χ0n) is 14.1. The molecule has 0 aliphatic heterocycles. The third kappa shape index (κ3) is 5.96. The van der Waals surface area contributed by atoms with Gasteiger partial charge in [0.15, 0.2) is 0 Å². The van der Waals surface area contributed by atoms with Crippen LogP contribution in [-0.2, 0) is 16.1 Å². The van der Waals surface area contributed by atoms with E-state index in [-0.39, 0.29) is 12.6 Å². The van der Waals surface area contributed by atoms with Gasteiger partial charge in [0.2, 0.25) is 0 Å². The van der Waals surface area contributed by atoms with Crippen LogP contribution in [0.4, 0.5) is 0 Å². The number of nitrogens with zero attached hydrogens (tertiary/aromatic N) is 1. The molecule has 0 amide bonds. The minimum Gasteiger partial charge on any atom is -0.469 e. The molecular weight excluding hydrogens is 290 g/mol. The Bertz CT molecular complexity index is 455. The van der Waals surface area contributed by atoms with Crippen LogP contribution in [0.15, 0.2) is 30.3 Å². The Hall–Kier alpha value is -1.39. The smallest absolute Gasteiger partial charge is 0.305 e. The molecule has 0 atom stereocenters. The molecule has 2 rings (SSSR count). The van der Waals surface area contributed by atoms with E-state index in [1.54, 1.807) is 0 Å². The van der Waals surface area contributed by atoms with Crippen molar-refractivity contribution in [1.82, 2.24) is 4.90 Å². The SMILES string of the molecule is COC(=O)CCC1CCC(N(CCO)Cc2ccccc2)CC1. The van der Waals surface area contributed by atoms with Crippen LogP contribution in [0.25, 0.3) is 0 Å². The number of methoxy groups -OCH3 is 1. The minimum absolute atomic E-state index is 0.0990. The van der Waals surface area contributed by atoms with E-state index in [4.69, 9.17) is 4.74 Å². The molecule has 4 heteroatoms. The molecule has 0 saturated heterocycles. The van der Waals surface area contributed by atoms with Crippen molar-refractivity contribution >= 4 is 5.97 Å². The minimum atomic E-state index is -0.0990. The molecule has 0 bridgehead atoms. The maximum absolute atomic E-state index is 11.3. The fourth-order valence-corrected chi connectivity index (χ4v) is 3.56. The Kier molecular flexibility index (Phi) is 7.56. The number of carbonyl (C=O) groups excluding carboxylic acids is 1. The number of hydrogen-bond donors (Lipinski definition) is 1. The molecular formula is C19H29NO3. The third-order valence-corrected chi connectivity index (χ3v) is 4.93. The number of rotatable bonds is 8. The number of aliphatic hydroxyl groups is 1. The van der Waals surface area contributed by atoms with Gasteiger partial charge in [0.25, 0.3) is 0 Å². The molecule has 23 heavy (non-hydrogen) atoms. The summed E-state index contributed by atoms with van der Waals surface area (Å²) in [4.78, 5) is 13.7. The van der Waals surface area contributed by atoms with E-state index < -0.39 is 0 Å². The molecule has 0 spiro atoms. The number of aliphatic hydroxyl groups excluding tert-OH is 1. The average Bonchev–Trinajstić information content (AvgIpc) is 2.60. The van der Waals surface area contributed by atoms with E-state index in [2.05, 4.69) is 29.2 Å². The highest BCUT2D eigenvalue weighted by Crippen LogP contribution is 2.31. The van der Waals surface area contributed by atoms with E-state index in [1.807, 2.05) is 6.07 Å². The van der Waals surface area contributed by atoms with Gasteiger partial charge in [-0.2, -0.15) is 0 Å². The van der Waals surface area contributed by atoms with Gasteiger partial charge in [-0.25, -0.2) is 0 Å². The number of carbonyl (C=O) groups is 1. The third-order valence-electron chi connectivity index (χ3n) is 4.93. The summed E-state index contributed by atoms with van der Waals surface area (Å²) in [6.07, 6.45) is 6.11. The lowest BCUT2D eigenvalue weighted by atomic mass is 9.82. The molecule has 4 nitrogen and oxygen atoms in total. The highest BCUT2D eigenvalue weighted by molar-refractivity contribution is 5.69. The molecule has 0 radical (unpaired) electrons. The Morgan fingerprint density at radius 3 is 2.52 bits per heavy atom. The molecule has 1 aromatic carbocycles. The molecule has 0 heterocycles. The molecule has 1 aromatic rings. The van der Waals surface area contributed by atoms with Crippen molar-refractivity contribution in [2.24, 2.45) is 5.92 Å². The van der Waals surface area contributed by atoms with Gasteiger partial charge in [0.1, 0.15) is 0 Å². The zero-order valence-corrected chi connectivity index (χ0v) is 14.1. The van der Waals surface area contributed by atoms with Crippen LogP contribution in [0, 0.1) is 5.92 Å². The predicted molar refractivity (Wildman–Crippen MR) is 90.9 cm³/mol. The summed E-state index contributed by atoms with van der Waals surface area (Å²) in [5.41, 5.74) is 1.30. The first-order valence-corrected chi connectivity index (χ1v) is 8.68. The second kappa shape index (κ2) is 9.68. The highest BCUT2D eigenvalue weighted by Gasteiger charge is 2.26. The van der Waals surface area contributed by atoms with Gasteiger partial charge in [-0.05, 0) is 43.6 Å². The molecule has 0 unspecified atom stereocenters. The van der Waals surface area contributed by atoms with E-state index in [0.29, 0.717) is 18.4 Å². The second-order valence-electron chi connectivity index (χ2n) is 6.47. The van der Waals surface area contributed by atoms with Crippen LogP contribution in [-0.4, -0.2) is 42.3 Å². The molecule has 1 saturated carbocycles. The molecule has 128 valence electrons. The van der Waals surface area contributed by atoms with E-state index in [1.165, 1.54) is 25.5 Å². The number of benzene rings is 1. The fourth-order valence-electron chi connectivity index (χ4n) is 3.56. The maximum Gasteiger partial charge on any atom is 0.305 e. The van der Waals surface area contributed by atoms with Crippen molar-refractivity contribution in [2.45, 2.75) is 51.1 Å². The largest absolute Gasteiger partial charge is 0.469 e. The lowest BCUT2D eigenvalue weighted by Gasteiger charge is -2.36. The van der Waals surface area contributed by atoms with E-state index in [9.17, 15) is 9.90 Å². The van der Waals surface area contributed by atoms with Gasteiger partial charge in [0, 0.05) is 25.6 Å². The lowest BCUT2D eigenvalue weighted by Crippen LogP contribution is -2.39. The van der Waals surface area contributed by atoms with Crippen LogP contribution >= 0.6 is 0 Å². The van der Waals surface area contributed by atoms with Crippen LogP contribution < -0.4 is 0 Å². The summed E-state index contributed by atoms with van der Waals surface area (Å²) < 4.78 is 4.72. The van der Waals surface area contributed by atoms with Crippen molar-refractivity contribution in [3.8, 4) is 0 Å². The number of esters is 1. The second-order valence-corrected chi connectivity index (χ2v) is 6.47. The summed E-state index contributed by atoms with van der Waals surface area (Å²) in [6.45, 7) is 1.83. The summed E-state index contributed by atoms with van der Waals surface area (Å²) in [5.74, 6) is 0.538. The van der Waals surface area contributed by atoms with Crippen molar-refractivity contribution in [3.05, 3.63) is 35.9 Å². The predicted octanol–water partition coefficient (Wildman–Crippen LogP) is 2.99. The van der Waals surface area contributed by atoms with E-state index in [0.717, 1.165) is 32.4 Å². The van der Waals surface area contributed by atoms with Gasteiger partial charge in [0.05, 0.1) is 13.7 Å². The normalized spacial score (nSPS) is 21.3. The first-order chi connectivity index (χ1) is 11.2. The Labute approximate surface area is 139 Å². The Balaban J connectivity index is 1.81. The topological polar surface area (TPSA) is 49.8 Å². The Morgan fingerprint density at radius 1 is 1.22 bits per heavy atom. The lowest BCUT2D eigenvalue weighted by molar-refractivity contribution is -0.141. The first kappa shape index (κ1) is 18.0. The maximum atomic E-state index is 11.3. The number of hydrogen-bond acceptors (Lipinski definition) is 4. The molecule has 0 aromatic heterocycles.